The molecular formula is C20H18N2. The second kappa shape index (κ2) is 5.23. The molecule has 108 valence electrons. The summed E-state index contributed by atoms with van der Waals surface area (Å²) in [5.41, 5.74) is 3.62. The molecule has 2 N–H and O–H groups in total. The molecule has 0 bridgehead atoms. The summed E-state index contributed by atoms with van der Waals surface area (Å²) < 4.78 is 0. The van der Waals surface area contributed by atoms with E-state index in [-0.39, 0.29) is 6.04 Å². The van der Waals surface area contributed by atoms with Gasteiger partial charge in [-0.3, -0.25) is 0 Å². The number of anilines is 1. The number of H-pyrrole nitrogens is 1. The van der Waals surface area contributed by atoms with Crippen LogP contribution >= 0.6 is 0 Å². The van der Waals surface area contributed by atoms with E-state index in [0.717, 1.165) is 5.69 Å². The van der Waals surface area contributed by atoms with Crippen molar-refractivity contribution in [2.75, 3.05) is 5.32 Å². The summed E-state index contributed by atoms with van der Waals surface area (Å²) in [6.45, 7) is 2.20. The summed E-state index contributed by atoms with van der Waals surface area (Å²) in [5, 5.41) is 7.39. The predicted molar refractivity (Wildman–Crippen MR) is 94.3 cm³/mol. The number of hydrogen-bond acceptors (Lipinski definition) is 1. The van der Waals surface area contributed by atoms with Gasteiger partial charge in [-0.25, -0.2) is 0 Å². The highest BCUT2D eigenvalue weighted by Gasteiger charge is 2.07. The van der Waals surface area contributed by atoms with E-state index >= 15 is 0 Å². The molecule has 0 aliphatic heterocycles. The van der Waals surface area contributed by atoms with Crippen LogP contribution < -0.4 is 5.32 Å². The molecule has 1 heterocycles. The Morgan fingerprint density at radius 3 is 2.59 bits per heavy atom. The molecule has 0 spiro atoms. The number of aromatic nitrogens is 1. The van der Waals surface area contributed by atoms with E-state index in [4.69, 9.17) is 0 Å². The number of fused-ring (bicyclic) bond motifs is 2. The number of rotatable bonds is 3. The molecule has 2 nitrogen and oxygen atoms in total. The molecule has 0 aliphatic carbocycles. The van der Waals surface area contributed by atoms with Crippen molar-refractivity contribution < 1.29 is 0 Å². The van der Waals surface area contributed by atoms with Crippen LogP contribution in [-0.2, 0) is 0 Å². The van der Waals surface area contributed by atoms with Crippen molar-refractivity contribution in [1.29, 1.82) is 0 Å². The number of nitrogens with one attached hydrogen (secondary N) is 2. The average Bonchev–Trinajstić information content (AvgIpc) is 3.02. The van der Waals surface area contributed by atoms with Crippen LogP contribution in [0, 0.1) is 0 Å². The van der Waals surface area contributed by atoms with E-state index in [1.54, 1.807) is 0 Å². The normalized spacial score (nSPS) is 12.6. The molecule has 1 unspecified atom stereocenters. The Morgan fingerprint density at radius 2 is 1.68 bits per heavy atom. The first-order valence-corrected chi connectivity index (χ1v) is 7.62. The Labute approximate surface area is 129 Å². The summed E-state index contributed by atoms with van der Waals surface area (Å²) in [6.07, 6.45) is 1.97. The fourth-order valence-electron chi connectivity index (χ4n) is 2.95. The zero-order chi connectivity index (χ0) is 14.9. The van der Waals surface area contributed by atoms with Gasteiger partial charge in [0.25, 0.3) is 0 Å². The second-order valence-electron chi connectivity index (χ2n) is 5.75. The van der Waals surface area contributed by atoms with E-state index in [9.17, 15) is 0 Å². The predicted octanol–water partition coefficient (Wildman–Crippen LogP) is 5.49. The molecule has 0 fully saturated rings. The Morgan fingerprint density at radius 1 is 0.818 bits per heavy atom. The van der Waals surface area contributed by atoms with E-state index in [1.165, 1.54) is 27.2 Å². The van der Waals surface area contributed by atoms with Gasteiger partial charge < -0.3 is 10.3 Å². The topological polar surface area (TPSA) is 27.8 Å². The molecule has 1 aromatic heterocycles. The molecule has 4 rings (SSSR count). The lowest BCUT2D eigenvalue weighted by Crippen LogP contribution is -2.06. The number of aromatic amines is 1. The minimum absolute atomic E-state index is 0.265. The highest BCUT2D eigenvalue weighted by atomic mass is 14.9. The molecule has 0 aliphatic rings. The Hall–Kier alpha value is -2.74. The standard InChI is InChI=1S/C20H18N2/c1-14(16-7-6-15-4-2-3-5-17(15)12-16)22-19-8-9-20-18(13-19)10-11-21-20/h2-14,21-22H,1H3. The molecule has 0 amide bonds. The fraction of sp³-hybridized carbons (Fsp3) is 0.100. The van der Waals surface area contributed by atoms with Gasteiger partial charge in [-0.15, -0.1) is 0 Å². The highest BCUT2D eigenvalue weighted by molar-refractivity contribution is 5.84. The van der Waals surface area contributed by atoms with Gasteiger partial charge in [0.2, 0.25) is 0 Å². The first-order valence-electron chi connectivity index (χ1n) is 7.62. The van der Waals surface area contributed by atoms with Crippen molar-refractivity contribution in [3.8, 4) is 0 Å². The Balaban J connectivity index is 1.63. The highest BCUT2D eigenvalue weighted by Crippen LogP contribution is 2.25. The molecule has 22 heavy (non-hydrogen) atoms. The van der Waals surface area contributed by atoms with Gasteiger partial charge in [-0.05, 0) is 53.6 Å². The SMILES string of the molecule is CC(Nc1ccc2[nH]ccc2c1)c1ccc2ccccc2c1. The number of hydrogen-bond donors (Lipinski definition) is 2. The van der Waals surface area contributed by atoms with Crippen molar-refractivity contribution in [1.82, 2.24) is 4.98 Å². The third-order valence-corrected chi connectivity index (χ3v) is 4.21. The molecule has 3 aromatic carbocycles. The smallest absolute Gasteiger partial charge is 0.0485 e. The summed E-state index contributed by atoms with van der Waals surface area (Å²) >= 11 is 0. The monoisotopic (exact) mass is 286 g/mol. The van der Waals surface area contributed by atoms with Crippen LogP contribution in [0.2, 0.25) is 0 Å². The maximum atomic E-state index is 3.59. The third kappa shape index (κ3) is 2.33. The molecule has 2 heteroatoms. The minimum Gasteiger partial charge on any atom is -0.379 e. The molecule has 0 saturated carbocycles. The second-order valence-corrected chi connectivity index (χ2v) is 5.75. The largest absolute Gasteiger partial charge is 0.379 e. The molecule has 0 saturated heterocycles. The van der Waals surface area contributed by atoms with Crippen LogP contribution in [0.3, 0.4) is 0 Å². The zero-order valence-corrected chi connectivity index (χ0v) is 12.5. The van der Waals surface area contributed by atoms with Gasteiger partial charge in [0.1, 0.15) is 0 Å². The van der Waals surface area contributed by atoms with Crippen LogP contribution in [0.4, 0.5) is 5.69 Å². The van der Waals surface area contributed by atoms with E-state index in [0.29, 0.717) is 0 Å². The van der Waals surface area contributed by atoms with Crippen LogP contribution in [0.25, 0.3) is 21.7 Å². The van der Waals surface area contributed by atoms with Crippen molar-refractivity contribution >= 4 is 27.4 Å². The quantitative estimate of drug-likeness (QED) is 0.512. The van der Waals surface area contributed by atoms with Gasteiger partial charge in [0.05, 0.1) is 0 Å². The Bertz CT molecular complexity index is 936. The summed E-state index contributed by atoms with van der Waals surface area (Å²) in [5.74, 6) is 0. The van der Waals surface area contributed by atoms with Gasteiger partial charge in [-0.1, -0.05) is 36.4 Å². The number of benzene rings is 3. The summed E-state index contributed by atoms with van der Waals surface area (Å²) in [6, 6.07) is 23.9. The summed E-state index contributed by atoms with van der Waals surface area (Å²) in [7, 11) is 0. The van der Waals surface area contributed by atoms with Crippen molar-refractivity contribution in [3.63, 3.8) is 0 Å². The van der Waals surface area contributed by atoms with Gasteiger partial charge in [0, 0.05) is 28.8 Å². The van der Waals surface area contributed by atoms with Crippen molar-refractivity contribution in [3.05, 3.63) is 78.5 Å². The van der Waals surface area contributed by atoms with Gasteiger partial charge in [-0.2, -0.15) is 0 Å². The Kier molecular flexibility index (Phi) is 3.08. The molecule has 0 radical (unpaired) electrons. The van der Waals surface area contributed by atoms with Gasteiger partial charge >= 0.3 is 0 Å². The van der Waals surface area contributed by atoms with Crippen LogP contribution in [0.15, 0.2) is 72.9 Å². The fourth-order valence-corrected chi connectivity index (χ4v) is 2.95. The lowest BCUT2D eigenvalue weighted by molar-refractivity contribution is 0.887. The lowest BCUT2D eigenvalue weighted by Gasteiger charge is -2.16. The van der Waals surface area contributed by atoms with Crippen LogP contribution in [0.1, 0.15) is 18.5 Å². The zero-order valence-electron chi connectivity index (χ0n) is 12.5. The molecule has 4 aromatic rings. The molecular weight excluding hydrogens is 268 g/mol. The first kappa shape index (κ1) is 13.0. The average molecular weight is 286 g/mol. The lowest BCUT2D eigenvalue weighted by atomic mass is 10.0. The molecule has 1 atom stereocenters. The maximum Gasteiger partial charge on any atom is 0.0485 e. The summed E-state index contributed by atoms with van der Waals surface area (Å²) in [4.78, 5) is 3.22. The van der Waals surface area contributed by atoms with Crippen molar-refractivity contribution in [2.45, 2.75) is 13.0 Å². The van der Waals surface area contributed by atoms with E-state index in [1.807, 2.05) is 6.20 Å². The van der Waals surface area contributed by atoms with Crippen LogP contribution in [0.5, 0.6) is 0 Å². The first-order chi connectivity index (χ1) is 10.8. The van der Waals surface area contributed by atoms with Gasteiger partial charge in [0.15, 0.2) is 0 Å². The van der Waals surface area contributed by atoms with Crippen molar-refractivity contribution in [2.24, 2.45) is 0 Å². The van der Waals surface area contributed by atoms with E-state index < -0.39 is 0 Å². The third-order valence-electron chi connectivity index (χ3n) is 4.21. The van der Waals surface area contributed by atoms with Crippen LogP contribution in [-0.4, -0.2) is 4.98 Å². The minimum atomic E-state index is 0.265. The van der Waals surface area contributed by atoms with E-state index in [2.05, 4.69) is 84.0 Å². The maximum absolute atomic E-state index is 3.59.